The molecule has 0 aliphatic rings. The van der Waals surface area contributed by atoms with E-state index in [-0.39, 0.29) is 4.90 Å². The number of aryl methyl sites for hydroxylation is 1. The summed E-state index contributed by atoms with van der Waals surface area (Å²) in [6.07, 6.45) is 0. The molecule has 0 fully saturated rings. The zero-order valence-electron chi connectivity index (χ0n) is 11.1. The van der Waals surface area contributed by atoms with Gasteiger partial charge in [0.05, 0.1) is 10.4 Å². The van der Waals surface area contributed by atoms with Crippen molar-refractivity contribution in [2.45, 2.75) is 11.8 Å². The fourth-order valence-electron chi connectivity index (χ4n) is 2.01. The Kier molecular flexibility index (Phi) is 3.46. The molecule has 7 heteroatoms. The highest BCUT2D eigenvalue weighted by Crippen LogP contribution is 2.25. The molecule has 21 heavy (non-hydrogen) atoms. The van der Waals surface area contributed by atoms with E-state index in [0.29, 0.717) is 5.82 Å². The number of benzene rings is 2. The maximum atomic E-state index is 12.4. The molecule has 0 bridgehead atoms. The van der Waals surface area contributed by atoms with Crippen molar-refractivity contribution in [3.8, 4) is 0 Å². The molecule has 0 amide bonds. The summed E-state index contributed by atoms with van der Waals surface area (Å²) in [7, 11) is -3.67. The van der Waals surface area contributed by atoms with Crippen molar-refractivity contribution in [2.75, 3.05) is 4.72 Å². The van der Waals surface area contributed by atoms with Crippen LogP contribution in [0, 0.1) is 6.92 Å². The van der Waals surface area contributed by atoms with Crippen LogP contribution in [0.4, 0.5) is 5.82 Å². The van der Waals surface area contributed by atoms with Crippen molar-refractivity contribution in [1.29, 1.82) is 0 Å². The predicted octanol–water partition coefficient (Wildman–Crippen LogP) is 3.43. The highest BCUT2D eigenvalue weighted by Gasteiger charge is 2.17. The van der Waals surface area contributed by atoms with Crippen LogP contribution in [-0.4, -0.2) is 18.6 Å². The summed E-state index contributed by atoms with van der Waals surface area (Å²) >= 11 is 3.36. The fourth-order valence-corrected chi connectivity index (χ4v) is 3.37. The van der Waals surface area contributed by atoms with Crippen molar-refractivity contribution < 1.29 is 8.42 Å². The molecule has 0 aliphatic heterocycles. The Labute approximate surface area is 130 Å². The fraction of sp³-hybridized carbons (Fsp3) is 0.0714. The number of aromatic nitrogens is 2. The van der Waals surface area contributed by atoms with Crippen molar-refractivity contribution in [3.63, 3.8) is 0 Å². The lowest BCUT2D eigenvalue weighted by molar-refractivity contribution is 0.601. The van der Waals surface area contributed by atoms with Crippen molar-refractivity contribution in [2.24, 2.45) is 0 Å². The molecular weight excluding hydrogens is 354 g/mol. The molecule has 0 unspecified atom stereocenters. The van der Waals surface area contributed by atoms with Crippen molar-refractivity contribution >= 4 is 42.7 Å². The minimum Gasteiger partial charge on any atom is -0.276 e. The lowest BCUT2D eigenvalue weighted by Crippen LogP contribution is -2.13. The van der Waals surface area contributed by atoms with E-state index in [4.69, 9.17) is 0 Å². The number of aromatic amines is 1. The Balaban J connectivity index is 2.01. The van der Waals surface area contributed by atoms with Crippen LogP contribution in [0.3, 0.4) is 0 Å². The Morgan fingerprint density at radius 3 is 2.71 bits per heavy atom. The summed E-state index contributed by atoms with van der Waals surface area (Å²) in [4.78, 5) is 0.204. The molecule has 1 heterocycles. The molecular formula is C14H12BrN3O2S. The van der Waals surface area contributed by atoms with E-state index in [2.05, 4.69) is 30.8 Å². The average molecular weight is 366 g/mol. The highest BCUT2D eigenvalue weighted by atomic mass is 79.9. The minimum atomic E-state index is -3.67. The van der Waals surface area contributed by atoms with Crippen LogP contribution < -0.4 is 4.72 Å². The number of para-hydroxylation sites is 1. The van der Waals surface area contributed by atoms with Gasteiger partial charge in [0.2, 0.25) is 0 Å². The summed E-state index contributed by atoms with van der Waals surface area (Å²) in [5.41, 5.74) is 1.63. The summed E-state index contributed by atoms with van der Waals surface area (Å²) in [6.45, 7) is 1.84. The number of sulfonamides is 1. The minimum absolute atomic E-state index is 0.204. The zero-order chi connectivity index (χ0) is 15.0. The molecule has 2 N–H and O–H groups in total. The van der Waals surface area contributed by atoms with Crippen molar-refractivity contribution in [1.82, 2.24) is 10.2 Å². The van der Waals surface area contributed by atoms with Gasteiger partial charge in [0.1, 0.15) is 0 Å². The maximum absolute atomic E-state index is 12.4. The number of nitrogens with one attached hydrogen (secondary N) is 2. The molecule has 2 aromatic carbocycles. The number of hydrogen-bond donors (Lipinski definition) is 2. The van der Waals surface area contributed by atoms with Crippen LogP contribution in [0.1, 0.15) is 5.56 Å². The molecule has 0 radical (unpaired) electrons. The quantitative estimate of drug-likeness (QED) is 0.746. The van der Waals surface area contributed by atoms with Gasteiger partial charge in [0, 0.05) is 9.86 Å². The van der Waals surface area contributed by atoms with Gasteiger partial charge < -0.3 is 0 Å². The van der Waals surface area contributed by atoms with Gasteiger partial charge in [-0.3, -0.25) is 9.82 Å². The van der Waals surface area contributed by atoms with Crippen LogP contribution in [0.5, 0.6) is 0 Å². The summed E-state index contributed by atoms with van der Waals surface area (Å²) < 4.78 is 28.2. The van der Waals surface area contributed by atoms with Gasteiger partial charge in [-0.15, -0.1) is 0 Å². The Bertz CT molecular complexity index is 919. The van der Waals surface area contributed by atoms with E-state index in [1.165, 1.54) is 0 Å². The number of hydrogen-bond acceptors (Lipinski definition) is 3. The second-order valence-electron chi connectivity index (χ2n) is 4.63. The first-order valence-corrected chi connectivity index (χ1v) is 8.47. The first-order valence-electron chi connectivity index (χ1n) is 6.19. The van der Waals surface area contributed by atoms with Crippen LogP contribution in [0.25, 0.3) is 10.9 Å². The number of nitrogens with zero attached hydrogens (tertiary/aromatic N) is 1. The van der Waals surface area contributed by atoms with Gasteiger partial charge in [-0.25, -0.2) is 8.42 Å². The first-order chi connectivity index (χ1) is 9.97. The smallest absolute Gasteiger partial charge is 0.263 e. The molecule has 0 saturated carbocycles. The topological polar surface area (TPSA) is 74.8 Å². The molecule has 3 rings (SSSR count). The zero-order valence-corrected chi connectivity index (χ0v) is 13.5. The number of halogens is 1. The standard InChI is InChI=1S/C14H12BrN3O2S/c1-9-8-10(6-7-12(9)15)21(19,20)18-14-11-4-2-3-5-13(11)16-17-14/h2-8H,1H3,(H2,16,17,18). The highest BCUT2D eigenvalue weighted by molar-refractivity contribution is 9.10. The third-order valence-electron chi connectivity index (χ3n) is 3.14. The number of fused-ring (bicyclic) bond motifs is 1. The third-order valence-corrected chi connectivity index (χ3v) is 5.37. The van der Waals surface area contributed by atoms with Gasteiger partial charge in [0.15, 0.2) is 5.82 Å². The van der Waals surface area contributed by atoms with E-state index in [9.17, 15) is 8.42 Å². The molecule has 0 aliphatic carbocycles. The lowest BCUT2D eigenvalue weighted by atomic mass is 10.2. The Morgan fingerprint density at radius 2 is 1.95 bits per heavy atom. The van der Waals surface area contributed by atoms with Gasteiger partial charge in [0.25, 0.3) is 10.0 Å². The van der Waals surface area contributed by atoms with E-state index >= 15 is 0 Å². The lowest BCUT2D eigenvalue weighted by Gasteiger charge is -2.07. The second kappa shape index (κ2) is 5.16. The SMILES string of the molecule is Cc1cc(S(=O)(=O)Nc2n[nH]c3ccccc23)ccc1Br. The molecule has 0 atom stereocenters. The summed E-state index contributed by atoms with van der Waals surface area (Å²) in [6, 6.07) is 12.2. The van der Waals surface area contributed by atoms with E-state index in [1.807, 2.05) is 31.2 Å². The summed E-state index contributed by atoms with van der Waals surface area (Å²) in [5.74, 6) is 0.297. The van der Waals surface area contributed by atoms with Gasteiger partial charge in [-0.1, -0.05) is 28.1 Å². The van der Waals surface area contributed by atoms with Crippen LogP contribution in [0.15, 0.2) is 51.8 Å². The molecule has 1 aromatic heterocycles. The van der Waals surface area contributed by atoms with E-state index < -0.39 is 10.0 Å². The van der Waals surface area contributed by atoms with Gasteiger partial charge in [-0.05, 0) is 42.8 Å². The van der Waals surface area contributed by atoms with Crippen LogP contribution >= 0.6 is 15.9 Å². The van der Waals surface area contributed by atoms with Gasteiger partial charge in [-0.2, -0.15) is 5.10 Å². The predicted molar refractivity (Wildman–Crippen MR) is 85.8 cm³/mol. The van der Waals surface area contributed by atoms with E-state index in [1.54, 1.807) is 18.2 Å². The van der Waals surface area contributed by atoms with Crippen LogP contribution in [0.2, 0.25) is 0 Å². The molecule has 0 saturated heterocycles. The first kappa shape index (κ1) is 14.1. The summed E-state index contributed by atoms with van der Waals surface area (Å²) in [5, 5.41) is 7.55. The monoisotopic (exact) mass is 365 g/mol. The van der Waals surface area contributed by atoms with E-state index in [0.717, 1.165) is 20.9 Å². The molecule has 108 valence electrons. The molecule has 5 nitrogen and oxygen atoms in total. The molecule has 3 aromatic rings. The maximum Gasteiger partial charge on any atom is 0.263 e. The number of anilines is 1. The second-order valence-corrected chi connectivity index (χ2v) is 7.17. The average Bonchev–Trinajstić information content (AvgIpc) is 2.85. The largest absolute Gasteiger partial charge is 0.276 e. The normalized spacial score (nSPS) is 11.7. The number of H-pyrrole nitrogens is 1. The van der Waals surface area contributed by atoms with Crippen LogP contribution in [-0.2, 0) is 10.0 Å². The van der Waals surface area contributed by atoms with Gasteiger partial charge >= 0.3 is 0 Å². The Morgan fingerprint density at radius 1 is 1.19 bits per heavy atom. The third kappa shape index (κ3) is 2.66. The molecule has 0 spiro atoms. The number of rotatable bonds is 3. The van der Waals surface area contributed by atoms with Crippen molar-refractivity contribution in [3.05, 3.63) is 52.5 Å². The Hall–Kier alpha value is -1.86.